The highest BCUT2D eigenvalue weighted by atomic mass is 15.2. The number of fused-ring (bicyclic) bond motifs is 4. The minimum atomic E-state index is 0.116. The molecule has 3 aliphatic carbocycles. The average molecular weight is 791 g/mol. The molecule has 1 heterocycles. The van der Waals surface area contributed by atoms with Gasteiger partial charge < -0.3 is 9.47 Å². The van der Waals surface area contributed by atoms with Gasteiger partial charge in [0.05, 0.1) is 17.1 Å². The van der Waals surface area contributed by atoms with Crippen molar-refractivity contribution in [2.45, 2.75) is 64.8 Å². The maximum absolute atomic E-state index is 2.70. The van der Waals surface area contributed by atoms with Gasteiger partial charge in [-0.15, -0.1) is 0 Å². The zero-order valence-corrected chi connectivity index (χ0v) is 35.5. The number of anilines is 2. The maximum Gasteiger partial charge on any atom is 0.0568 e. The zero-order valence-electron chi connectivity index (χ0n) is 35.5. The normalized spacial score (nSPS) is 17.8. The number of nitrogens with zero attached hydrogens (tertiary/aromatic N) is 2. The van der Waals surface area contributed by atoms with Crippen LogP contribution in [0.15, 0.2) is 205 Å². The van der Waals surface area contributed by atoms with Crippen molar-refractivity contribution >= 4 is 50.0 Å². The number of rotatable bonds is 10. The van der Waals surface area contributed by atoms with Crippen molar-refractivity contribution in [3.05, 3.63) is 216 Å². The van der Waals surface area contributed by atoms with Crippen LogP contribution >= 0.6 is 0 Å². The second-order valence-corrected chi connectivity index (χ2v) is 16.7. The van der Waals surface area contributed by atoms with Gasteiger partial charge in [-0.25, -0.2) is 0 Å². The molecule has 0 N–H and O–H groups in total. The van der Waals surface area contributed by atoms with Gasteiger partial charge in [0, 0.05) is 33.8 Å². The lowest BCUT2D eigenvalue weighted by atomic mass is 9.81. The van der Waals surface area contributed by atoms with E-state index in [-0.39, 0.29) is 6.04 Å². The molecule has 2 nitrogen and oxygen atoms in total. The van der Waals surface area contributed by atoms with E-state index in [0.717, 1.165) is 44.9 Å². The van der Waals surface area contributed by atoms with Crippen LogP contribution in [0.3, 0.4) is 0 Å². The van der Waals surface area contributed by atoms with Crippen molar-refractivity contribution in [3.8, 4) is 16.8 Å². The number of aromatic nitrogens is 1. The van der Waals surface area contributed by atoms with Crippen LogP contribution in [-0.2, 0) is 6.42 Å². The Morgan fingerprint density at radius 2 is 1.57 bits per heavy atom. The standard InChI is InChI=1S/C59H54N2/c1-3-5-22-44-28-21-36-55(52(44)4-2)60(51-39-47(42-23-10-6-7-11-24-42)37-48(40-51)43-25-12-8-13-26-43)50-32-20-29-46(38-50)58-53-33-17-16-27-45(53)41-57-59(58)54-34-18-19-35-56(54)61(57)49-30-14-9-15-31-49/h5-9,12-23,25,27-38,40-41,43,51H,3-4,10-11,24,26,39H2,1-2H3/b22-5-. The fraction of sp³-hybridized carbons (Fsp3) is 0.186. The van der Waals surface area contributed by atoms with E-state index in [4.69, 9.17) is 0 Å². The molecule has 2 unspecified atom stereocenters. The quantitative estimate of drug-likeness (QED) is 0.125. The molecule has 0 saturated carbocycles. The lowest BCUT2D eigenvalue weighted by molar-refractivity contribution is 0.704. The van der Waals surface area contributed by atoms with E-state index in [1.165, 1.54) is 88.6 Å². The zero-order chi connectivity index (χ0) is 41.1. The van der Waals surface area contributed by atoms with E-state index >= 15 is 0 Å². The third-order valence-electron chi connectivity index (χ3n) is 13.0. The Balaban J connectivity index is 1.22. The SMILES string of the molecule is CC/C=C\c1cccc(N(c2cccc(-c3c4ccccc4cc4c3c3ccccc3n4-c3ccccc3)c2)C2C=C(C3C=CC=CC3)C=C(C3=CCC=CCC3)C2)c1CC. The topological polar surface area (TPSA) is 8.17 Å². The summed E-state index contributed by atoms with van der Waals surface area (Å²) in [7, 11) is 0. The number of allylic oxidation sites excluding steroid dienone is 11. The molecule has 61 heavy (non-hydrogen) atoms. The predicted octanol–water partition coefficient (Wildman–Crippen LogP) is 16.2. The highest BCUT2D eigenvalue weighted by Gasteiger charge is 2.29. The first kappa shape index (κ1) is 38.6. The summed E-state index contributed by atoms with van der Waals surface area (Å²) in [4.78, 5) is 2.70. The smallest absolute Gasteiger partial charge is 0.0568 e. The summed E-state index contributed by atoms with van der Waals surface area (Å²) in [5, 5.41) is 5.07. The molecule has 7 aromatic rings. The van der Waals surface area contributed by atoms with Crippen molar-refractivity contribution in [1.82, 2.24) is 4.57 Å². The summed E-state index contributed by atoms with van der Waals surface area (Å²) in [6.45, 7) is 4.54. The van der Waals surface area contributed by atoms with Gasteiger partial charge in [0.15, 0.2) is 0 Å². The second-order valence-electron chi connectivity index (χ2n) is 16.7. The molecule has 0 amide bonds. The van der Waals surface area contributed by atoms with Gasteiger partial charge in [-0.05, 0) is 137 Å². The average Bonchev–Trinajstić information content (AvgIpc) is 3.42. The van der Waals surface area contributed by atoms with Gasteiger partial charge in [-0.2, -0.15) is 0 Å². The monoisotopic (exact) mass is 790 g/mol. The van der Waals surface area contributed by atoms with Crippen molar-refractivity contribution in [1.29, 1.82) is 0 Å². The molecule has 0 aliphatic heterocycles. The number of hydrogen-bond donors (Lipinski definition) is 0. The molecule has 10 rings (SSSR count). The summed E-state index contributed by atoms with van der Waals surface area (Å²) < 4.78 is 2.45. The molecule has 300 valence electrons. The van der Waals surface area contributed by atoms with Gasteiger partial charge >= 0.3 is 0 Å². The van der Waals surface area contributed by atoms with E-state index in [1.807, 2.05) is 0 Å². The molecule has 0 saturated heterocycles. The second kappa shape index (κ2) is 17.1. The van der Waals surface area contributed by atoms with Crippen LogP contribution in [0.1, 0.15) is 63.5 Å². The number of para-hydroxylation sites is 2. The third kappa shape index (κ3) is 7.35. The highest BCUT2D eigenvalue weighted by Crippen LogP contribution is 2.46. The van der Waals surface area contributed by atoms with Crippen LogP contribution < -0.4 is 4.90 Å². The fourth-order valence-corrected chi connectivity index (χ4v) is 10.2. The van der Waals surface area contributed by atoms with Crippen molar-refractivity contribution in [3.63, 3.8) is 0 Å². The van der Waals surface area contributed by atoms with Crippen molar-refractivity contribution in [2.24, 2.45) is 5.92 Å². The van der Waals surface area contributed by atoms with Crippen LogP contribution in [0.2, 0.25) is 0 Å². The summed E-state index contributed by atoms with van der Waals surface area (Å²) >= 11 is 0. The van der Waals surface area contributed by atoms with E-state index in [9.17, 15) is 0 Å². The molecule has 6 aromatic carbocycles. The molecule has 0 fully saturated rings. The van der Waals surface area contributed by atoms with Gasteiger partial charge in [0.2, 0.25) is 0 Å². The maximum atomic E-state index is 2.70. The van der Waals surface area contributed by atoms with Gasteiger partial charge in [-0.3, -0.25) is 0 Å². The number of benzene rings is 6. The van der Waals surface area contributed by atoms with Crippen LogP contribution in [0, 0.1) is 5.92 Å². The molecule has 1 aromatic heterocycles. The summed E-state index contributed by atoms with van der Waals surface area (Å²) in [5.74, 6) is 0.357. The Morgan fingerprint density at radius 3 is 2.43 bits per heavy atom. The van der Waals surface area contributed by atoms with E-state index in [2.05, 4.69) is 218 Å². The fourth-order valence-electron chi connectivity index (χ4n) is 10.2. The summed E-state index contributed by atoms with van der Waals surface area (Å²) in [5.41, 5.74) is 15.8. The van der Waals surface area contributed by atoms with Crippen LogP contribution in [0.4, 0.5) is 11.4 Å². The van der Waals surface area contributed by atoms with E-state index < -0.39 is 0 Å². The summed E-state index contributed by atoms with van der Waals surface area (Å²) in [6, 6.07) is 47.7. The molecule has 0 spiro atoms. The Labute approximate surface area is 361 Å². The molecule has 2 heteroatoms. The molecular weight excluding hydrogens is 737 g/mol. The van der Waals surface area contributed by atoms with E-state index in [0.29, 0.717) is 5.92 Å². The molecular formula is C59H54N2. The van der Waals surface area contributed by atoms with Crippen LogP contribution in [0.5, 0.6) is 0 Å². The molecule has 0 radical (unpaired) electrons. The van der Waals surface area contributed by atoms with Gasteiger partial charge in [0.25, 0.3) is 0 Å². The van der Waals surface area contributed by atoms with Crippen molar-refractivity contribution < 1.29 is 0 Å². The Bertz CT molecular complexity index is 2980. The van der Waals surface area contributed by atoms with Crippen molar-refractivity contribution in [2.75, 3.05) is 4.90 Å². The minimum absolute atomic E-state index is 0.116. The first-order valence-electron chi connectivity index (χ1n) is 22.5. The molecule has 0 bridgehead atoms. The van der Waals surface area contributed by atoms with Gasteiger partial charge in [0.1, 0.15) is 0 Å². The van der Waals surface area contributed by atoms with Crippen LogP contribution in [-0.4, -0.2) is 10.6 Å². The van der Waals surface area contributed by atoms with E-state index in [1.54, 1.807) is 0 Å². The third-order valence-corrected chi connectivity index (χ3v) is 13.0. The van der Waals surface area contributed by atoms with Gasteiger partial charge in [-0.1, -0.05) is 166 Å². The predicted molar refractivity (Wildman–Crippen MR) is 263 cm³/mol. The number of hydrogen-bond acceptors (Lipinski definition) is 1. The van der Waals surface area contributed by atoms with Crippen LogP contribution in [0.25, 0.3) is 55.5 Å². The lowest BCUT2D eigenvalue weighted by Crippen LogP contribution is -2.33. The first-order valence-corrected chi connectivity index (χ1v) is 22.5. The Kier molecular flexibility index (Phi) is 10.8. The minimum Gasteiger partial charge on any atom is -0.334 e. The molecule has 2 atom stereocenters. The lowest BCUT2D eigenvalue weighted by Gasteiger charge is -2.38. The Morgan fingerprint density at radius 1 is 0.738 bits per heavy atom. The largest absolute Gasteiger partial charge is 0.334 e. The molecule has 3 aliphatic rings. The first-order chi connectivity index (χ1) is 30.2. The summed E-state index contributed by atoms with van der Waals surface area (Å²) in [6.07, 6.45) is 33.3. The Hall–Kier alpha value is -6.64. The highest BCUT2D eigenvalue weighted by molar-refractivity contribution is 6.23.